The van der Waals surface area contributed by atoms with Gasteiger partial charge in [-0.1, -0.05) is 0 Å². The summed E-state index contributed by atoms with van der Waals surface area (Å²) in [6.45, 7) is 1.95. The average molecular weight is 228 g/mol. The zero-order chi connectivity index (χ0) is 10.8. The first-order chi connectivity index (χ1) is 6.46. The average Bonchev–Trinajstić information content (AvgIpc) is 2.07. The molecule has 0 saturated carbocycles. The van der Waals surface area contributed by atoms with Crippen LogP contribution in [-0.4, -0.2) is 47.8 Å². The summed E-state index contributed by atoms with van der Waals surface area (Å²) in [5.74, 6) is 1.52. The molecule has 0 bridgehead atoms. The van der Waals surface area contributed by atoms with Crippen LogP contribution in [0.15, 0.2) is 0 Å². The summed E-state index contributed by atoms with van der Waals surface area (Å²) in [7, 11) is 0. The second kappa shape index (κ2) is 4.72. The van der Waals surface area contributed by atoms with E-state index >= 15 is 0 Å². The lowest BCUT2D eigenvalue weighted by Gasteiger charge is -2.39. The molecule has 0 amide bonds. The van der Waals surface area contributed by atoms with E-state index in [1.165, 1.54) is 4.90 Å². The SMILES string of the molecule is CC1CSCCN1C(CN)C(F)(F)F. The van der Waals surface area contributed by atoms with Crippen molar-refractivity contribution in [2.45, 2.75) is 25.2 Å². The fraction of sp³-hybridized carbons (Fsp3) is 1.00. The lowest BCUT2D eigenvalue weighted by molar-refractivity contribution is -0.184. The van der Waals surface area contributed by atoms with E-state index in [1.807, 2.05) is 6.92 Å². The van der Waals surface area contributed by atoms with Crippen molar-refractivity contribution in [2.75, 3.05) is 24.6 Å². The Morgan fingerprint density at radius 2 is 2.21 bits per heavy atom. The molecule has 2 unspecified atom stereocenters. The number of hydrogen-bond acceptors (Lipinski definition) is 3. The summed E-state index contributed by atoms with van der Waals surface area (Å²) in [6, 6.07) is -1.51. The Hall–Kier alpha value is 0.0600. The number of hydrogen-bond donors (Lipinski definition) is 1. The fourth-order valence-corrected chi connectivity index (χ4v) is 2.70. The Labute approximate surface area is 86.0 Å². The highest BCUT2D eigenvalue weighted by molar-refractivity contribution is 7.99. The summed E-state index contributed by atoms with van der Waals surface area (Å²) in [5, 5.41) is 0. The van der Waals surface area contributed by atoms with Crippen LogP contribution in [0.25, 0.3) is 0 Å². The van der Waals surface area contributed by atoms with Crippen molar-refractivity contribution < 1.29 is 13.2 Å². The van der Waals surface area contributed by atoms with Crippen LogP contribution in [0.5, 0.6) is 0 Å². The number of thioether (sulfide) groups is 1. The molecule has 0 radical (unpaired) electrons. The molecular weight excluding hydrogens is 213 g/mol. The fourth-order valence-electron chi connectivity index (χ4n) is 1.66. The molecule has 0 aromatic heterocycles. The van der Waals surface area contributed by atoms with E-state index in [0.717, 1.165) is 11.5 Å². The number of nitrogens with two attached hydrogens (primary N) is 1. The number of halogens is 3. The Morgan fingerprint density at radius 3 is 2.64 bits per heavy atom. The highest BCUT2D eigenvalue weighted by Gasteiger charge is 2.44. The molecule has 2 atom stereocenters. The molecule has 0 spiro atoms. The largest absolute Gasteiger partial charge is 0.405 e. The maximum atomic E-state index is 12.5. The van der Waals surface area contributed by atoms with E-state index in [4.69, 9.17) is 5.73 Å². The molecule has 1 aliphatic heterocycles. The van der Waals surface area contributed by atoms with Crippen LogP contribution in [0, 0.1) is 0 Å². The highest BCUT2D eigenvalue weighted by Crippen LogP contribution is 2.28. The number of alkyl halides is 3. The van der Waals surface area contributed by atoms with Crippen molar-refractivity contribution >= 4 is 11.8 Å². The topological polar surface area (TPSA) is 29.3 Å². The highest BCUT2D eigenvalue weighted by atomic mass is 32.2. The molecule has 14 heavy (non-hydrogen) atoms. The predicted molar refractivity (Wildman–Crippen MR) is 52.4 cm³/mol. The van der Waals surface area contributed by atoms with Crippen LogP contribution in [0.1, 0.15) is 6.92 Å². The van der Waals surface area contributed by atoms with Gasteiger partial charge >= 0.3 is 6.18 Å². The first-order valence-electron chi connectivity index (χ1n) is 4.57. The Balaban J connectivity index is 2.67. The molecule has 84 valence electrons. The van der Waals surface area contributed by atoms with Crippen molar-refractivity contribution in [3.05, 3.63) is 0 Å². The molecule has 1 fully saturated rings. The van der Waals surface area contributed by atoms with E-state index in [1.54, 1.807) is 11.8 Å². The molecule has 0 aromatic rings. The second-order valence-electron chi connectivity index (χ2n) is 3.45. The van der Waals surface area contributed by atoms with E-state index < -0.39 is 12.2 Å². The van der Waals surface area contributed by atoms with E-state index in [0.29, 0.717) is 6.54 Å². The van der Waals surface area contributed by atoms with Crippen LogP contribution in [-0.2, 0) is 0 Å². The van der Waals surface area contributed by atoms with Gasteiger partial charge in [0.1, 0.15) is 6.04 Å². The third-order valence-corrected chi connectivity index (χ3v) is 3.61. The van der Waals surface area contributed by atoms with Gasteiger partial charge in [-0.2, -0.15) is 24.9 Å². The number of nitrogens with zero attached hydrogens (tertiary/aromatic N) is 1. The van der Waals surface area contributed by atoms with Gasteiger partial charge in [-0.05, 0) is 6.92 Å². The summed E-state index contributed by atoms with van der Waals surface area (Å²) in [4.78, 5) is 1.47. The van der Waals surface area contributed by atoms with Gasteiger partial charge in [0, 0.05) is 30.6 Å². The van der Waals surface area contributed by atoms with E-state index in [2.05, 4.69) is 0 Å². The molecule has 0 aliphatic carbocycles. The summed E-state index contributed by atoms with van der Waals surface area (Å²) >= 11 is 1.70. The maximum Gasteiger partial charge on any atom is 0.405 e. The minimum absolute atomic E-state index is 0.0380. The van der Waals surface area contributed by atoms with Crippen LogP contribution in [0.3, 0.4) is 0 Å². The van der Waals surface area contributed by atoms with Gasteiger partial charge < -0.3 is 5.73 Å². The summed E-state index contributed by atoms with van der Waals surface area (Å²) in [6.07, 6.45) is -4.20. The van der Waals surface area contributed by atoms with Crippen molar-refractivity contribution in [1.82, 2.24) is 4.90 Å². The Kier molecular flexibility index (Phi) is 4.09. The lowest BCUT2D eigenvalue weighted by Crippen LogP contribution is -2.56. The molecule has 1 saturated heterocycles. The van der Waals surface area contributed by atoms with Gasteiger partial charge in [0.2, 0.25) is 0 Å². The quantitative estimate of drug-likeness (QED) is 0.772. The van der Waals surface area contributed by atoms with Crippen LogP contribution in [0.4, 0.5) is 13.2 Å². The molecule has 1 heterocycles. The Morgan fingerprint density at radius 1 is 1.57 bits per heavy atom. The van der Waals surface area contributed by atoms with Gasteiger partial charge in [-0.3, -0.25) is 4.90 Å². The standard InChI is InChI=1S/C8H15F3N2S/c1-6-5-14-3-2-13(6)7(4-12)8(9,10)11/h6-7H,2-5,12H2,1H3. The summed E-state index contributed by atoms with van der Waals surface area (Å²) < 4.78 is 37.6. The molecule has 1 rings (SSSR count). The first-order valence-corrected chi connectivity index (χ1v) is 5.72. The number of rotatable bonds is 2. The van der Waals surface area contributed by atoms with E-state index in [9.17, 15) is 13.2 Å². The molecule has 6 heteroatoms. The zero-order valence-corrected chi connectivity index (χ0v) is 8.87. The third kappa shape index (κ3) is 2.77. The van der Waals surface area contributed by atoms with Crippen LogP contribution < -0.4 is 5.73 Å². The zero-order valence-electron chi connectivity index (χ0n) is 8.05. The smallest absolute Gasteiger partial charge is 0.329 e. The minimum atomic E-state index is -4.20. The molecule has 2 nitrogen and oxygen atoms in total. The first kappa shape index (κ1) is 12.1. The normalized spacial score (nSPS) is 27.6. The van der Waals surface area contributed by atoms with Crippen molar-refractivity contribution in [3.63, 3.8) is 0 Å². The molecule has 1 aliphatic rings. The molecule has 0 aromatic carbocycles. The lowest BCUT2D eigenvalue weighted by atomic mass is 10.2. The monoisotopic (exact) mass is 228 g/mol. The van der Waals surface area contributed by atoms with Crippen molar-refractivity contribution in [2.24, 2.45) is 5.73 Å². The predicted octanol–water partition coefficient (Wildman–Crippen LogP) is 1.31. The Bertz CT molecular complexity index is 186. The van der Waals surface area contributed by atoms with Gasteiger partial charge in [0.05, 0.1) is 0 Å². The van der Waals surface area contributed by atoms with Crippen LogP contribution in [0.2, 0.25) is 0 Å². The third-order valence-electron chi connectivity index (χ3n) is 2.42. The minimum Gasteiger partial charge on any atom is -0.329 e. The van der Waals surface area contributed by atoms with Crippen molar-refractivity contribution in [1.29, 1.82) is 0 Å². The summed E-state index contributed by atoms with van der Waals surface area (Å²) in [5.41, 5.74) is 5.18. The van der Waals surface area contributed by atoms with E-state index in [-0.39, 0.29) is 12.6 Å². The van der Waals surface area contributed by atoms with Crippen LogP contribution >= 0.6 is 11.8 Å². The maximum absolute atomic E-state index is 12.5. The molecule has 2 N–H and O–H groups in total. The van der Waals surface area contributed by atoms with Gasteiger partial charge in [-0.25, -0.2) is 0 Å². The van der Waals surface area contributed by atoms with Crippen molar-refractivity contribution in [3.8, 4) is 0 Å². The second-order valence-corrected chi connectivity index (χ2v) is 4.60. The van der Waals surface area contributed by atoms with Gasteiger partial charge in [0.15, 0.2) is 0 Å². The molecular formula is C8H15F3N2S. The van der Waals surface area contributed by atoms with Gasteiger partial charge in [-0.15, -0.1) is 0 Å². The van der Waals surface area contributed by atoms with Gasteiger partial charge in [0.25, 0.3) is 0 Å².